The number of ether oxygens (including phenoxy) is 2. The van der Waals surface area contributed by atoms with Gasteiger partial charge >= 0.3 is 5.97 Å². The van der Waals surface area contributed by atoms with Crippen LogP contribution >= 0.6 is 0 Å². The van der Waals surface area contributed by atoms with Crippen LogP contribution in [0.2, 0.25) is 0 Å². The highest BCUT2D eigenvalue weighted by atomic mass is 16.5. The second kappa shape index (κ2) is 9.35. The molecule has 0 spiro atoms. The first-order chi connectivity index (χ1) is 14.8. The van der Waals surface area contributed by atoms with Crippen LogP contribution < -0.4 is 10.1 Å². The minimum Gasteiger partial charge on any atom is -0.497 e. The Morgan fingerprint density at radius 3 is 2.19 bits per heavy atom. The van der Waals surface area contributed by atoms with E-state index in [2.05, 4.69) is 26.1 Å². The average Bonchev–Trinajstić information content (AvgIpc) is 2.90. The minimum absolute atomic E-state index is 0.0486. The molecule has 1 aliphatic rings. The van der Waals surface area contributed by atoms with E-state index in [4.69, 9.17) is 9.47 Å². The molecule has 0 fully saturated rings. The number of rotatable bonds is 8. The number of nitrogens with zero attached hydrogens (tertiary/aromatic N) is 1. The monoisotopic (exact) mass is 444 g/mol. The molecule has 0 saturated heterocycles. The molecule has 2 amide bonds. The number of hydrogen-bond donors (Lipinski definition) is 1. The molecule has 0 saturated carbocycles. The maximum absolute atomic E-state index is 13.8. The van der Waals surface area contributed by atoms with Crippen LogP contribution in [0.1, 0.15) is 60.5 Å². The average molecular weight is 445 g/mol. The fourth-order valence-electron chi connectivity index (χ4n) is 4.52. The van der Waals surface area contributed by atoms with Gasteiger partial charge in [0.2, 0.25) is 11.4 Å². The topological polar surface area (TPSA) is 84.9 Å². The van der Waals surface area contributed by atoms with Gasteiger partial charge in [0.15, 0.2) is 0 Å². The van der Waals surface area contributed by atoms with Crippen LogP contribution in [0.15, 0.2) is 35.9 Å². The zero-order chi connectivity index (χ0) is 24.3. The SMILES string of the molecule is CCOC(=O)C1(C(=O)NC(C)(C)CC(C)(C)C)C(C)=CC(=O)N1Cc1ccc(OC)cc1. The van der Waals surface area contributed by atoms with Gasteiger partial charge < -0.3 is 19.7 Å². The molecule has 0 aliphatic carbocycles. The molecule has 0 bridgehead atoms. The lowest BCUT2D eigenvalue weighted by Gasteiger charge is -2.40. The van der Waals surface area contributed by atoms with Crippen molar-refractivity contribution in [2.24, 2.45) is 5.41 Å². The maximum Gasteiger partial charge on any atom is 0.346 e. The lowest BCUT2D eigenvalue weighted by molar-refractivity contribution is -0.164. The molecule has 1 atom stereocenters. The van der Waals surface area contributed by atoms with Gasteiger partial charge in [-0.15, -0.1) is 0 Å². The van der Waals surface area contributed by atoms with Gasteiger partial charge in [-0.2, -0.15) is 0 Å². The van der Waals surface area contributed by atoms with Crippen molar-refractivity contribution in [3.8, 4) is 5.75 Å². The van der Waals surface area contributed by atoms with Crippen LogP contribution in [-0.4, -0.2) is 47.5 Å². The van der Waals surface area contributed by atoms with Gasteiger partial charge in [0.25, 0.3) is 5.91 Å². The molecule has 0 radical (unpaired) electrons. The van der Waals surface area contributed by atoms with Gasteiger partial charge in [0.05, 0.1) is 13.7 Å². The molecule has 1 aromatic rings. The summed E-state index contributed by atoms with van der Waals surface area (Å²) in [6, 6.07) is 7.15. The molecule has 1 aromatic carbocycles. The van der Waals surface area contributed by atoms with Crippen LogP contribution in [0.5, 0.6) is 5.75 Å². The standard InChI is InChI=1S/C25H36N2O5/c1-9-32-22(30)25(21(29)26-24(6,7)16-23(3,4)5)17(2)14-20(28)27(25)15-18-10-12-19(31-8)13-11-18/h10-14H,9,15-16H2,1-8H3,(H,26,29). The fourth-order valence-corrected chi connectivity index (χ4v) is 4.52. The van der Waals surface area contributed by atoms with E-state index in [1.54, 1.807) is 45.2 Å². The van der Waals surface area contributed by atoms with Crippen molar-refractivity contribution in [1.82, 2.24) is 10.2 Å². The summed E-state index contributed by atoms with van der Waals surface area (Å²) in [5, 5.41) is 3.03. The van der Waals surface area contributed by atoms with E-state index in [0.29, 0.717) is 17.7 Å². The highest BCUT2D eigenvalue weighted by Crippen LogP contribution is 2.36. The zero-order valence-electron chi connectivity index (χ0n) is 20.5. The quantitative estimate of drug-likeness (QED) is 0.489. The summed E-state index contributed by atoms with van der Waals surface area (Å²) in [5.41, 5.74) is -1.40. The van der Waals surface area contributed by atoms with Crippen LogP contribution in [0.3, 0.4) is 0 Å². The number of nitrogens with one attached hydrogen (secondary N) is 1. The highest BCUT2D eigenvalue weighted by Gasteiger charge is 2.59. The third-order valence-corrected chi connectivity index (χ3v) is 5.40. The van der Waals surface area contributed by atoms with Gasteiger partial charge in [-0.3, -0.25) is 9.59 Å². The Morgan fingerprint density at radius 2 is 1.69 bits per heavy atom. The van der Waals surface area contributed by atoms with Gasteiger partial charge in [-0.1, -0.05) is 32.9 Å². The van der Waals surface area contributed by atoms with E-state index in [1.807, 2.05) is 13.8 Å². The second-order valence-corrected chi connectivity index (χ2v) is 10.1. The Morgan fingerprint density at radius 1 is 1.09 bits per heavy atom. The van der Waals surface area contributed by atoms with Crippen molar-refractivity contribution < 1.29 is 23.9 Å². The molecule has 1 heterocycles. The Bertz CT molecular complexity index is 896. The number of benzene rings is 1. The molecular weight excluding hydrogens is 408 g/mol. The number of methoxy groups -OCH3 is 1. The Hall–Kier alpha value is -2.83. The normalized spacial score (nSPS) is 18.9. The highest BCUT2D eigenvalue weighted by molar-refractivity contribution is 6.17. The second-order valence-electron chi connectivity index (χ2n) is 10.1. The molecule has 1 unspecified atom stereocenters. The van der Waals surface area contributed by atoms with Crippen molar-refractivity contribution in [3.05, 3.63) is 41.5 Å². The summed E-state index contributed by atoms with van der Waals surface area (Å²) in [4.78, 5) is 41.3. The molecule has 7 nitrogen and oxygen atoms in total. The molecule has 1 N–H and O–H groups in total. The van der Waals surface area contributed by atoms with Gasteiger partial charge in [0, 0.05) is 18.2 Å². The van der Waals surface area contributed by atoms with Gasteiger partial charge in [-0.05, 0) is 62.8 Å². The van der Waals surface area contributed by atoms with Crippen LogP contribution in [0.25, 0.3) is 0 Å². The van der Waals surface area contributed by atoms with Crippen LogP contribution in [-0.2, 0) is 25.7 Å². The van der Waals surface area contributed by atoms with E-state index in [0.717, 1.165) is 5.56 Å². The minimum atomic E-state index is -1.86. The first-order valence-corrected chi connectivity index (χ1v) is 10.9. The fraction of sp³-hybridized carbons (Fsp3) is 0.560. The zero-order valence-corrected chi connectivity index (χ0v) is 20.5. The first kappa shape index (κ1) is 25.4. The number of carbonyl (C=O) groups excluding carboxylic acids is 3. The summed E-state index contributed by atoms with van der Waals surface area (Å²) in [7, 11) is 1.57. The Balaban J connectivity index is 2.49. The van der Waals surface area contributed by atoms with E-state index in [-0.39, 0.29) is 18.6 Å². The molecule has 7 heteroatoms. The summed E-state index contributed by atoms with van der Waals surface area (Å²) in [5.74, 6) is -1.04. The van der Waals surface area contributed by atoms with Crippen LogP contribution in [0.4, 0.5) is 0 Å². The van der Waals surface area contributed by atoms with Crippen LogP contribution in [0, 0.1) is 5.41 Å². The van der Waals surface area contributed by atoms with Crippen molar-refractivity contribution in [3.63, 3.8) is 0 Å². The molecule has 2 rings (SSSR count). The van der Waals surface area contributed by atoms with E-state index < -0.39 is 28.9 Å². The van der Waals surface area contributed by atoms with E-state index >= 15 is 0 Å². The third kappa shape index (κ3) is 5.31. The Kier molecular flexibility index (Phi) is 7.43. The smallest absolute Gasteiger partial charge is 0.346 e. The molecule has 0 aromatic heterocycles. The molecule has 32 heavy (non-hydrogen) atoms. The summed E-state index contributed by atoms with van der Waals surface area (Å²) < 4.78 is 10.5. The largest absolute Gasteiger partial charge is 0.497 e. The lowest BCUT2D eigenvalue weighted by Crippen LogP contribution is -2.66. The van der Waals surface area contributed by atoms with E-state index in [1.165, 1.54) is 11.0 Å². The number of hydrogen-bond acceptors (Lipinski definition) is 5. The number of carbonyl (C=O) groups is 3. The number of amides is 2. The van der Waals surface area contributed by atoms with Crippen molar-refractivity contribution >= 4 is 17.8 Å². The number of esters is 1. The van der Waals surface area contributed by atoms with Crippen molar-refractivity contribution in [1.29, 1.82) is 0 Å². The third-order valence-electron chi connectivity index (χ3n) is 5.40. The molecule has 1 aliphatic heterocycles. The molecule has 176 valence electrons. The van der Waals surface area contributed by atoms with Gasteiger partial charge in [-0.25, -0.2) is 4.79 Å². The van der Waals surface area contributed by atoms with Crippen molar-refractivity contribution in [2.75, 3.05) is 13.7 Å². The van der Waals surface area contributed by atoms with E-state index in [9.17, 15) is 14.4 Å². The Labute approximate surface area is 191 Å². The van der Waals surface area contributed by atoms with Crippen molar-refractivity contribution in [2.45, 2.75) is 72.5 Å². The summed E-state index contributed by atoms with van der Waals surface area (Å²) in [6.07, 6.45) is 2.02. The van der Waals surface area contributed by atoms with Gasteiger partial charge in [0.1, 0.15) is 5.75 Å². The molecular formula is C25H36N2O5. The first-order valence-electron chi connectivity index (χ1n) is 10.9. The predicted molar refractivity (Wildman–Crippen MR) is 123 cm³/mol. The maximum atomic E-state index is 13.8. The summed E-state index contributed by atoms with van der Waals surface area (Å²) in [6.45, 7) is 13.6. The lowest BCUT2D eigenvalue weighted by atomic mass is 9.80. The predicted octanol–water partition coefficient (Wildman–Crippen LogP) is 3.62. The summed E-state index contributed by atoms with van der Waals surface area (Å²) >= 11 is 0.